The Balaban J connectivity index is 0.000000664. The van der Waals surface area contributed by atoms with Gasteiger partial charge < -0.3 is 10.2 Å². The summed E-state index contributed by atoms with van der Waals surface area (Å²) in [5, 5.41) is 3.73. The molecule has 0 spiro atoms. The van der Waals surface area contributed by atoms with Crippen LogP contribution in [0.3, 0.4) is 0 Å². The highest BCUT2D eigenvalue weighted by Gasteiger charge is 2.61. The fourth-order valence-electron chi connectivity index (χ4n) is 5.23. The van der Waals surface area contributed by atoms with Crippen LogP contribution < -0.4 is 5.32 Å². The fourth-order valence-corrected chi connectivity index (χ4v) is 5.23. The molecule has 0 aromatic heterocycles. The number of hydrogen-bond acceptors (Lipinski definition) is 4. The molecule has 2 fully saturated rings. The molecule has 4 aliphatic carbocycles. The van der Waals surface area contributed by atoms with Crippen LogP contribution in [0.2, 0.25) is 0 Å². The Morgan fingerprint density at radius 2 is 2.11 bits per heavy atom. The summed E-state index contributed by atoms with van der Waals surface area (Å²) in [6.45, 7) is 2.42. The van der Waals surface area contributed by atoms with E-state index in [0.29, 0.717) is 17.3 Å². The zero-order valence-corrected chi connectivity index (χ0v) is 17.2. The van der Waals surface area contributed by atoms with Crippen LogP contribution in [0, 0.1) is 17.3 Å². The van der Waals surface area contributed by atoms with Gasteiger partial charge in [0.2, 0.25) is 0 Å². The van der Waals surface area contributed by atoms with E-state index in [1.165, 1.54) is 30.2 Å². The maximum atomic E-state index is 5.00. The minimum absolute atomic E-state index is 0. The van der Waals surface area contributed by atoms with Crippen molar-refractivity contribution in [2.24, 2.45) is 22.2 Å². The van der Waals surface area contributed by atoms with Crippen molar-refractivity contribution in [2.75, 3.05) is 0 Å². The maximum absolute atomic E-state index is 5.00. The van der Waals surface area contributed by atoms with E-state index in [1.54, 1.807) is 5.57 Å². The van der Waals surface area contributed by atoms with Crippen LogP contribution in [-0.2, 0) is 0 Å². The average Bonchev–Trinajstić information content (AvgIpc) is 3.63. The molecule has 3 nitrogen and oxygen atoms in total. The first kappa shape index (κ1) is 17.9. The van der Waals surface area contributed by atoms with Gasteiger partial charge in [-0.3, -0.25) is 0 Å². The van der Waals surface area contributed by atoms with Gasteiger partial charge in [-0.15, -0.1) is 0 Å². The van der Waals surface area contributed by atoms with Gasteiger partial charge in [-0.2, -0.15) is 0 Å². The number of nitrogens with one attached hydrogen (secondary N) is 1. The van der Waals surface area contributed by atoms with Crippen molar-refractivity contribution in [3.8, 4) is 0 Å². The molecule has 4 atom stereocenters. The maximum Gasteiger partial charge on any atom is 0.134 e. The van der Waals surface area contributed by atoms with Gasteiger partial charge in [0, 0.05) is 30.6 Å². The van der Waals surface area contributed by atoms with Crippen molar-refractivity contribution in [1.82, 2.24) is 10.2 Å². The van der Waals surface area contributed by atoms with Crippen molar-refractivity contribution in [2.45, 2.75) is 44.6 Å². The molecule has 0 bridgehead atoms. The van der Waals surface area contributed by atoms with Gasteiger partial charge in [0.15, 0.2) is 0 Å². The lowest BCUT2D eigenvalue weighted by Crippen LogP contribution is -2.44. The molecular formula is C24H29N3S. The van der Waals surface area contributed by atoms with E-state index >= 15 is 0 Å². The molecule has 0 aromatic rings. The second-order valence-electron chi connectivity index (χ2n) is 8.75. The van der Waals surface area contributed by atoms with Crippen molar-refractivity contribution in [1.29, 1.82) is 0 Å². The molecule has 0 saturated heterocycles. The van der Waals surface area contributed by atoms with E-state index in [4.69, 9.17) is 4.99 Å². The number of hydrogen-bond donors (Lipinski definition) is 1. The molecule has 0 radical (unpaired) electrons. The molecule has 2 aliphatic heterocycles. The van der Waals surface area contributed by atoms with Crippen molar-refractivity contribution in [3.63, 3.8) is 0 Å². The predicted octanol–water partition coefficient (Wildman–Crippen LogP) is 5.43. The monoisotopic (exact) mass is 391 g/mol. The molecule has 4 heteroatoms. The van der Waals surface area contributed by atoms with Gasteiger partial charge in [0.25, 0.3) is 0 Å². The van der Waals surface area contributed by atoms with Gasteiger partial charge in [-0.1, -0.05) is 55.6 Å². The summed E-state index contributed by atoms with van der Waals surface area (Å²) < 4.78 is 0. The highest BCUT2D eigenvalue weighted by molar-refractivity contribution is 7.77. The highest BCUT2D eigenvalue weighted by Crippen LogP contribution is 2.64. The summed E-state index contributed by atoms with van der Waals surface area (Å²) in [7, 11) is 0. The lowest BCUT2D eigenvalue weighted by molar-refractivity contribution is 0.291. The number of thiocarbonyl (C=S) groups is 1. The van der Waals surface area contributed by atoms with E-state index in [0.717, 1.165) is 19.3 Å². The largest absolute Gasteiger partial charge is 0.342 e. The number of nitrogens with zero attached hydrogens (tertiary/aromatic N) is 2. The third-order valence-electron chi connectivity index (χ3n) is 7.14. The van der Waals surface area contributed by atoms with E-state index in [-0.39, 0.29) is 6.97 Å². The quantitative estimate of drug-likeness (QED) is 0.651. The van der Waals surface area contributed by atoms with Crippen LogP contribution in [0.1, 0.15) is 40.5 Å². The van der Waals surface area contributed by atoms with Gasteiger partial charge in [0.05, 0.1) is 5.54 Å². The summed E-state index contributed by atoms with van der Waals surface area (Å²) in [5.41, 5.74) is 3.18. The van der Waals surface area contributed by atoms with Gasteiger partial charge in [-0.25, -0.2) is 4.99 Å². The lowest BCUT2D eigenvalue weighted by atomic mass is 9.88. The normalized spacial score (nSPS) is 38.4. The Morgan fingerprint density at radius 1 is 1.21 bits per heavy atom. The van der Waals surface area contributed by atoms with Gasteiger partial charge in [-0.05, 0) is 55.7 Å². The number of aliphatic imine (C=N–C) groups is 1. The molecule has 1 N–H and O–H groups in total. The Kier molecular flexibility index (Phi) is 4.09. The average molecular weight is 392 g/mol. The molecule has 0 aromatic carbocycles. The van der Waals surface area contributed by atoms with Crippen molar-refractivity contribution >= 4 is 24.3 Å². The van der Waals surface area contributed by atoms with Crippen molar-refractivity contribution < 1.29 is 1.43 Å². The molecule has 4 unspecified atom stereocenters. The minimum Gasteiger partial charge on any atom is -0.342 e. The molecular weight excluding hydrogens is 362 g/mol. The second-order valence-corrected chi connectivity index (χ2v) is 8.75. The zero-order valence-electron chi connectivity index (χ0n) is 16.4. The molecule has 28 heavy (non-hydrogen) atoms. The highest BCUT2D eigenvalue weighted by atomic mass is 32.1. The number of fused-ring (bicyclic) bond motifs is 3. The molecule has 2 heterocycles. The minimum atomic E-state index is 0. The van der Waals surface area contributed by atoms with E-state index < -0.39 is 0 Å². The summed E-state index contributed by atoms with van der Waals surface area (Å²) in [5.74, 6) is 6.52. The first-order valence-electron chi connectivity index (χ1n) is 10.3. The third-order valence-corrected chi connectivity index (χ3v) is 7.14. The van der Waals surface area contributed by atoms with Crippen LogP contribution in [0.4, 0.5) is 0 Å². The lowest BCUT2D eigenvalue weighted by Gasteiger charge is -2.41. The first-order chi connectivity index (χ1) is 13.7. The van der Waals surface area contributed by atoms with Gasteiger partial charge >= 0.3 is 0 Å². The molecule has 2 saturated carbocycles. The second kappa shape index (κ2) is 6.41. The Bertz CT molecular complexity index is 924. The summed E-state index contributed by atoms with van der Waals surface area (Å²) in [6.07, 6.45) is 26.3. The van der Waals surface area contributed by atoms with Crippen LogP contribution in [0.25, 0.3) is 0 Å². The molecule has 6 aliphatic rings. The standard InChI is InChI=1S/C23H25N3.CH2S.H2/c1-22-13-17(22)15-24-21-19(22)10-11-20(25-18-8-3-2-4-9-18)26(21)23-12-6-5-7-16(23)14-23;1-2;/h3,5-9,11-12,15-17,25H,2,4,10,13-14H2,1H3;1H2;1H. The Morgan fingerprint density at radius 3 is 2.89 bits per heavy atom. The molecule has 0 amide bonds. The summed E-state index contributed by atoms with van der Waals surface area (Å²) in [4.78, 5) is 7.52. The van der Waals surface area contributed by atoms with Crippen LogP contribution in [0.5, 0.6) is 0 Å². The van der Waals surface area contributed by atoms with E-state index in [2.05, 4.69) is 90.1 Å². The third kappa shape index (κ3) is 2.54. The SMILES string of the molecule is C=S.CC12CC1C=NC1=C2CC=C(NC2=CCCC=C2)N1C12C=CC=CC1C2.[HH]. The molecule has 6 rings (SSSR count). The summed E-state index contributed by atoms with van der Waals surface area (Å²) in [6, 6.07) is 0. The van der Waals surface area contributed by atoms with Gasteiger partial charge in [0.1, 0.15) is 11.6 Å². The van der Waals surface area contributed by atoms with Crippen LogP contribution in [0.15, 0.2) is 76.5 Å². The smallest absolute Gasteiger partial charge is 0.134 e. The topological polar surface area (TPSA) is 27.6 Å². The first-order valence-corrected chi connectivity index (χ1v) is 10.9. The van der Waals surface area contributed by atoms with Crippen LogP contribution >= 0.6 is 12.2 Å². The zero-order chi connectivity index (χ0) is 19.4. The Hall–Kier alpha value is -2.20. The number of rotatable bonds is 3. The van der Waals surface area contributed by atoms with Crippen molar-refractivity contribution in [3.05, 3.63) is 71.5 Å². The Labute approximate surface area is 174 Å². The predicted molar refractivity (Wildman–Crippen MR) is 122 cm³/mol. The number of allylic oxidation sites excluding steroid dienone is 7. The fraction of sp³-hybridized carbons (Fsp3) is 0.417. The van der Waals surface area contributed by atoms with E-state index in [1.807, 2.05) is 0 Å². The molecule has 146 valence electrons. The van der Waals surface area contributed by atoms with Crippen LogP contribution in [-0.4, -0.2) is 22.5 Å². The summed E-state index contributed by atoms with van der Waals surface area (Å²) >= 11 is 3.83. The van der Waals surface area contributed by atoms with E-state index in [9.17, 15) is 0 Å².